The van der Waals surface area contributed by atoms with Crippen LogP contribution in [-0.4, -0.2) is 12.0 Å². The van der Waals surface area contributed by atoms with Gasteiger partial charge in [0.25, 0.3) is 0 Å². The Labute approximate surface area is 114 Å². The number of alkyl halides is 3. The zero-order valence-corrected chi connectivity index (χ0v) is 10.9. The van der Waals surface area contributed by atoms with E-state index in [0.717, 1.165) is 17.8 Å². The summed E-state index contributed by atoms with van der Waals surface area (Å²) in [4.78, 5) is 5.93. The number of halogens is 3. The molecule has 0 radical (unpaired) electrons. The third-order valence-corrected chi connectivity index (χ3v) is 2.89. The minimum atomic E-state index is -4.38. The molecule has 0 spiro atoms. The van der Waals surface area contributed by atoms with E-state index < -0.39 is 11.7 Å². The van der Waals surface area contributed by atoms with Crippen molar-refractivity contribution in [3.8, 4) is 0 Å². The lowest BCUT2D eigenvalue weighted by Crippen LogP contribution is -2.19. The Morgan fingerprint density at radius 2 is 1.95 bits per heavy atom. The van der Waals surface area contributed by atoms with Crippen molar-refractivity contribution in [1.29, 1.82) is 0 Å². The van der Waals surface area contributed by atoms with Gasteiger partial charge in [-0.25, -0.2) is 0 Å². The normalized spacial score (nSPS) is 11.4. The van der Waals surface area contributed by atoms with Crippen LogP contribution in [-0.2, 0) is 12.7 Å². The highest BCUT2D eigenvalue weighted by Crippen LogP contribution is 2.34. The second-order valence-corrected chi connectivity index (χ2v) is 4.45. The Hall–Kier alpha value is -2.24. The molecule has 0 unspecified atom stereocenters. The molecular weight excluding hydrogens is 267 g/mol. The maximum Gasteiger partial charge on any atom is 0.416 e. The van der Waals surface area contributed by atoms with Crippen LogP contribution in [0.25, 0.3) is 0 Å². The third-order valence-electron chi connectivity index (χ3n) is 2.89. The Kier molecular flexibility index (Phi) is 3.83. The molecule has 0 aliphatic heterocycles. The number of hydrogen-bond acceptors (Lipinski definition) is 3. The van der Waals surface area contributed by atoms with Crippen LogP contribution in [0.5, 0.6) is 0 Å². The molecule has 1 heterocycles. The maximum atomic E-state index is 12.6. The summed E-state index contributed by atoms with van der Waals surface area (Å²) in [5.41, 5.74) is 6.42. The van der Waals surface area contributed by atoms with Crippen molar-refractivity contribution >= 4 is 11.4 Å². The van der Waals surface area contributed by atoms with Crippen LogP contribution in [0, 0.1) is 0 Å². The zero-order chi connectivity index (χ0) is 14.8. The number of hydrogen-bond donors (Lipinski definition) is 1. The molecule has 0 aliphatic rings. The average Bonchev–Trinajstić information content (AvgIpc) is 2.38. The predicted molar refractivity (Wildman–Crippen MR) is 72.2 cm³/mol. The molecule has 0 aliphatic carbocycles. The minimum absolute atomic E-state index is 0.0956. The molecule has 0 atom stereocenters. The first-order valence-corrected chi connectivity index (χ1v) is 5.95. The molecule has 0 bridgehead atoms. The summed E-state index contributed by atoms with van der Waals surface area (Å²) >= 11 is 0. The topological polar surface area (TPSA) is 42.2 Å². The zero-order valence-electron chi connectivity index (χ0n) is 10.9. The molecule has 106 valence electrons. The fraction of sp³-hybridized carbons (Fsp3) is 0.214. The third kappa shape index (κ3) is 3.20. The van der Waals surface area contributed by atoms with Crippen molar-refractivity contribution in [3.05, 3.63) is 53.9 Å². The van der Waals surface area contributed by atoms with Crippen molar-refractivity contribution in [2.75, 3.05) is 17.7 Å². The molecular formula is C14H14F3N3. The van der Waals surface area contributed by atoms with Gasteiger partial charge in [0.05, 0.1) is 29.2 Å². The van der Waals surface area contributed by atoms with Crippen LogP contribution in [0.15, 0.2) is 42.6 Å². The minimum Gasteiger partial charge on any atom is -0.397 e. The Morgan fingerprint density at radius 1 is 1.20 bits per heavy atom. The summed E-state index contributed by atoms with van der Waals surface area (Å²) < 4.78 is 37.7. The second-order valence-electron chi connectivity index (χ2n) is 4.45. The first-order chi connectivity index (χ1) is 9.38. The van der Waals surface area contributed by atoms with Crippen molar-refractivity contribution in [2.24, 2.45) is 0 Å². The van der Waals surface area contributed by atoms with Gasteiger partial charge in [0.1, 0.15) is 0 Å². The number of nitrogens with zero attached hydrogens (tertiary/aromatic N) is 2. The summed E-state index contributed by atoms with van der Waals surface area (Å²) in [6.45, 7) is 0.469. The molecule has 2 rings (SSSR count). The molecule has 0 fully saturated rings. The molecule has 3 nitrogen and oxygen atoms in total. The van der Waals surface area contributed by atoms with E-state index in [2.05, 4.69) is 4.98 Å². The second kappa shape index (κ2) is 5.40. The first kappa shape index (κ1) is 14.2. The molecule has 20 heavy (non-hydrogen) atoms. The summed E-state index contributed by atoms with van der Waals surface area (Å²) in [5, 5.41) is 0. The highest BCUT2D eigenvalue weighted by molar-refractivity contribution is 5.68. The monoisotopic (exact) mass is 281 g/mol. The van der Waals surface area contributed by atoms with E-state index >= 15 is 0 Å². The fourth-order valence-electron chi connectivity index (χ4n) is 1.90. The number of aromatic nitrogens is 1. The van der Waals surface area contributed by atoms with Gasteiger partial charge in [0.15, 0.2) is 0 Å². The average molecular weight is 281 g/mol. The molecule has 0 amide bonds. The molecule has 1 aromatic carbocycles. The quantitative estimate of drug-likeness (QED) is 0.878. The summed E-state index contributed by atoms with van der Waals surface area (Å²) in [5.74, 6) is 0. The van der Waals surface area contributed by atoms with Gasteiger partial charge in [-0.2, -0.15) is 13.2 Å². The summed E-state index contributed by atoms with van der Waals surface area (Å²) in [7, 11) is 1.76. The first-order valence-electron chi connectivity index (χ1n) is 5.95. The maximum absolute atomic E-state index is 12.6. The number of benzene rings is 1. The van der Waals surface area contributed by atoms with Crippen molar-refractivity contribution in [3.63, 3.8) is 0 Å². The molecule has 2 N–H and O–H groups in total. The van der Waals surface area contributed by atoms with E-state index in [1.54, 1.807) is 24.2 Å². The Bertz CT molecular complexity index is 582. The number of anilines is 2. The summed E-state index contributed by atoms with van der Waals surface area (Å²) in [6, 6.07) is 8.85. The molecule has 1 aromatic heterocycles. The van der Waals surface area contributed by atoms with Gasteiger partial charge in [-0.1, -0.05) is 6.07 Å². The van der Waals surface area contributed by atoms with Gasteiger partial charge in [-0.05, 0) is 30.3 Å². The van der Waals surface area contributed by atoms with E-state index in [4.69, 9.17) is 5.73 Å². The lowest BCUT2D eigenvalue weighted by molar-refractivity contribution is -0.137. The van der Waals surface area contributed by atoms with E-state index in [-0.39, 0.29) is 5.69 Å². The smallest absolute Gasteiger partial charge is 0.397 e. The van der Waals surface area contributed by atoms with Crippen LogP contribution in [0.1, 0.15) is 11.3 Å². The van der Waals surface area contributed by atoms with Gasteiger partial charge in [0, 0.05) is 13.2 Å². The van der Waals surface area contributed by atoms with E-state index in [1.807, 2.05) is 12.1 Å². The van der Waals surface area contributed by atoms with E-state index in [0.29, 0.717) is 12.2 Å². The van der Waals surface area contributed by atoms with Gasteiger partial charge in [-0.15, -0.1) is 0 Å². The standard InChI is InChI=1S/C14H14F3N3/c1-20(9-11-4-2-3-7-19-11)13-6-5-10(8-12(13)18)14(15,16)17/h2-8H,9,18H2,1H3. The van der Waals surface area contributed by atoms with Crippen LogP contribution in [0.4, 0.5) is 24.5 Å². The highest BCUT2D eigenvalue weighted by Gasteiger charge is 2.31. The van der Waals surface area contributed by atoms with Gasteiger partial charge in [-0.3, -0.25) is 4.98 Å². The van der Waals surface area contributed by atoms with E-state index in [9.17, 15) is 13.2 Å². The molecule has 0 saturated heterocycles. The highest BCUT2D eigenvalue weighted by atomic mass is 19.4. The van der Waals surface area contributed by atoms with Crippen LogP contribution in [0.2, 0.25) is 0 Å². The lowest BCUT2D eigenvalue weighted by atomic mass is 10.1. The van der Waals surface area contributed by atoms with Gasteiger partial charge in [0.2, 0.25) is 0 Å². The van der Waals surface area contributed by atoms with E-state index in [1.165, 1.54) is 6.07 Å². The van der Waals surface area contributed by atoms with Crippen LogP contribution in [0.3, 0.4) is 0 Å². The molecule has 6 heteroatoms. The number of pyridine rings is 1. The Balaban J connectivity index is 2.21. The van der Waals surface area contributed by atoms with Crippen LogP contribution < -0.4 is 10.6 Å². The number of nitrogens with two attached hydrogens (primary N) is 1. The Morgan fingerprint density at radius 3 is 2.50 bits per heavy atom. The summed E-state index contributed by atoms with van der Waals surface area (Å²) in [6.07, 6.45) is -2.72. The predicted octanol–water partition coefficient (Wildman–Crippen LogP) is 3.32. The van der Waals surface area contributed by atoms with Crippen molar-refractivity contribution in [1.82, 2.24) is 4.98 Å². The number of nitrogen functional groups attached to an aromatic ring is 1. The van der Waals surface area contributed by atoms with Crippen molar-refractivity contribution in [2.45, 2.75) is 12.7 Å². The number of rotatable bonds is 3. The van der Waals surface area contributed by atoms with Crippen LogP contribution >= 0.6 is 0 Å². The largest absolute Gasteiger partial charge is 0.416 e. The van der Waals surface area contributed by atoms with Crippen molar-refractivity contribution < 1.29 is 13.2 Å². The fourth-order valence-corrected chi connectivity index (χ4v) is 1.90. The SMILES string of the molecule is CN(Cc1ccccn1)c1ccc(C(F)(F)F)cc1N. The lowest BCUT2D eigenvalue weighted by Gasteiger charge is -2.21. The molecule has 2 aromatic rings. The molecule has 0 saturated carbocycles. The van der Waals surface area contributed by atoms with Gasteiger partial charge < -0.3 is 10.6 Å². The van der Waals surface area contributed by atoms with Gasteiger partial charge >= 0.3 is 6.18 Å².